The number of aryl methyl sites for hydroxylation is 1. The van der Waals surface area contributed by atoms with E-state index in [1.165, 1.54) is 23.8 Å². The van der Waals surface area contributed by atoms with Crippen molar-refractivity contribution < 1.29 is 4.42 Å². The second kappa shape index (κ2) is 5.06. The van der Waals surface area contributed by atoms with E-state index < -0.39 is 0 Å². The molecule has 0 saturated heterocycles. The number of furan rings is 1. The van der Waals surface area contributed by atoms with E-state index in [0.29, 0.717) is 0 Å². The molecule has 1 aromatic carbocycles. The van der Waals surface area contributed by atoms with Gasteiger partial charge in [0, 0.05) is 17.0 Å². The maximum Gasteiger partial charge on any atom is 0.148 e. The Morgan fingerprint density at radius 2 is 2.22 bits per heavy atom. The molecular weight excluding hydrogens is 290 g/mol. The van der Waals surface area contributed by atoms with Gasteiger partial charge in [0.2, 0.25) is 0 Å². The third kappa shape index (κ3) is 2.34. The Bertz CT molecular complexity index is 557. The first-order valence-electron chi connectivity index (χ1n) is 6.71. The van der Waals surface area contributed by atoms with Crippen molar-refractivity contribution in [2.75, 3.05) is 0 Å². The number of hydrogen-bond donors (Lipinski definition) is 1. The fourth-order valence-electron chi connectivity index (χ4n) is 2.38. The van der Waals surface area contributed by atoms with Gasteiger partial charge in [-0.05, 0) is 41.3 Å². The van der Waals surface area contributed by atoms with Crippen molar-refractivity contribution in [3.05, 3.63) is 34.0 Å². The molecule has 0 aliphatic heterocycles. The average Bonchev–Trinajstić information content (AvgIpc) is 3.12. The van der Waals surface area contributed by atoms with Crippen LogP contribution in [-0.4, -0.2) is 6.04 Å². The molecular formula is C15H18BrNO. The summed E-state index contributed by atoms with van der Waals surface area (Å²) in [6, 6.07) is 7.00. The van der Waals surface area contributed by atoms with Crippen LogP contribution >= 0.6 is 15.9 Å². The van der Waals surface area contributed by atoms with Crippen LogP contribution < -0.4 is 5.32 Å². The van der Waals surface area contributed by atoms with E-state index in [2.05, 4.69) is 40.3 Å². The fourth-order valence-corrected chi connectivity index (χ4v) is 2.82. The third-order valence-electron chi connectivity index (χ3n) is 3.48. The van der Waals surface area contributed by atoms with Gasteiger partial charge in [0.15, 0.2) is 0 Å². The molecule has 3 rings (SSSR count). The number of fused-ring (bicyclic) bond motifs is 1. The van der Waals surface area contributed by atoms with Gasteiger partial charge in [0.05, 0.1) is 11.0 Å². The van der Waals surface area contributed by atoms with E-state index in [1.807, 2.05) is 6.07 Å². The predicted molar refractivity (Wildman–Crippen MR) is 77.8 cm³/mol. The Balaban J connectivity index is 1.98. The zero-order valence-corrected chi connectivity index (χ0v) is 12.2. The molecule has 1 heterocycles. The minimum absolute atomic E-state index is 0.719. The van der Waals surface area contributed by atoms with Crippen molar-refractivity contribution in [1.82, 2.24) is 5.32 Å². The van der Waals surface area contributed by atoms with Crippen LogP contribution in [0.4, 0.5) is 0 Å². The van der Waals surface area contributed by atoms with Crippen LogP contribution in [0.25, 0.3) is 11.0 Å². The van der Waals surface area contributed by atoms with Crippen LogP contribution in [0.1, 0.15) is 37.5 Å². The molecule has 0 bridgehead atoms. The minimum Gasteiger partial charge on any atom is -0.458 e. The quantitative estimate of drug-likeness (QED) is 0.885. The van der Waals surface area contributed by atoms with Crippen LogP contribution in [0, 0.1) is 0 Å². The predicted octanol–water partition coefficient (Wildman–Crippen LogP) is 4.40. The number of para-hydroxylation sites is 1. The van der Waals surface area contributed by atoms with Crippen molar-refractivity contribution in [2.24, 2.45) is 0 Å². The number of halogens is 1. The Morgan fingerprint density at radius 3 is 2.94 bits per heavy atom. The standard InChI is InChI=1S/C15H18BrNO/c1-2-4-11-12-5-3-6-13(16)15(12)18-14(11)9-17-10-7-8-10/h3,5-6,10,17H,2,4,7-9H2,1H3. The Morgan fingerprint density at radius 1 is 1.39 bits per heavy atom. The Hall–Kier alpha value is -0.800. The van der Waals surface area contributed by atoms with E-state index in [0.717, 1.165) is 41.2 Å². The summed E-state index contributed by atoms with van der Waals surface area (Å²) in [5.41, 5.74) is 2.37. The summed E-state index contributed by atoms with van der Waals surface area (Å²) >= 11 is 3.57. The summed E-state index contributed by atoms with van der Waals surface area (Å²) in [4.78, 5) is 0. The molecule has 0 atom stereocenters. The maximum absolute atomic E-state index is 6.05. The largest absolute Gasteiger partial charge is 0.458 e. The van der Waals surface area contributed by atoms with Crippen molar-refractivity contribution in [3.63, 3.8) is 0 Å². The molecule has 96 valence electrons. The summed E-state index contributed by atoms with van der Waals surface area (Å²) in [5.74, 6) is 1.12. The highest BCUT2D eigenvalue weighted by Gasteiger charge is 2.22. The second-order valence-electron chi connectivity index (χ2n) is 5.03. The summed E-state index contributed by atoms with van der Waals surface area (Å²) in [6.07, 6.45) is 4.86. The first kappa shape index (κ1) is 12.2. The summed E-state index contributed by atoms with van der Waals surface area (Å²) in [7, 11) is 0. The lowest BCUT2D eigenvalue weighted by Crippen LogP contribution is -2.15. The lowest BCUT2D eigenvalue weighted by atomic mass is 10.1. The van der Waals surface area contributed by atoms with Crippen molar-refractivity contribution in [1.29, 1.82) is 0 Å². The summed E-state index contributed by atoms with van der Waals surface area (Å²) < 4.78 is 7.10. The molecule has 18 heavy (non-hydrogen) atoms. The lowest BCUT2D eigenvalue weighted by Gasteiger charge is -2.02. The molecule has 1 aliphatic rings. The smallest absolute Gasteiger partial charge is 0.148 e. The highest BCUT2D eigenvalue weighted by molar-refractivity contribution is 9.10. The van der Waals surface area contributed by atoms with Crippen LogP contribution in [0.5, 0.6) is 0 Å². The lowest BCUT2D eigenvalue weighted by molar-refractivity contribution is 0.505. The van der Waals surface area contributed by atoms with Gasteiger partial charge in [-0.1, -0.05) is 25.5 Å². The third-order valence-corrected chi connectivity index (χ3v) is 4.11. The molecule has 3 heteroatoms. The molecule has 2 nitrogen and oxygen atoms in total. The first-order valence-corrected chi connectivity index (χ1v) is 7.51. The van der Waals surface area contributed by atoms with Crippen LogP contribution in [0.15, 0.2) is 27.1 Å². The van der Waals surface area contributed by atoms with Crippen molar-refractivity contribution in [3.8, 4) is 0 Å². The zero-order valence-electron chi connectivity index (χ0n) is 10.6. The van der Waals surface area contributed by atoms with Gasteiger partial charge in [-0.25, -0.2) is 0 Å². The van der Waals surface area contributed by atoms with Crippen LogP contribution in [0.2, 0.25) is 0 Å². The fraction of sp³-hybridized carbons (Fsp3) is 0.467. The molecule has 1 saturated carbocycles. The first-order chi connectivity index (χ1) is 8.79. The number of nitrogens with one attached hydrogen (secondary N) is 1. The molecule has 0 amide bonds. The zero-order chi connectivity index (χ0) is 12.5. The van der Waals surface area contributed by atoms with E-state index >= 15 is 0 Å². The van der Waals surface area contributed by atoms with E-state index in [-0.39, 0.29) is 0 Å². The van der Waals surface area contributed by atoms with E-state index in [4.69, 9.17) is 4.42 Å². The summed E-state index contributed by atoms with van der Waals surface area (Å²) in [5, 5.41) is 4.81. The van der Waals surface area contributed by atoms with Gasteiger partial charge < -0.3 is 9.73 Å². The highest BCUT2D eigenvalue weighted by Crippen LogP contribution is 2.32. The number of hydrogen-bond acceptors (Lipinski definition) is 2. The molecule has 1 fully saturated rings. The van der Waals surface area contributed by atoms with Gasteiger partial charge in [0.1, 0.15) is 11.3 Å². The molecule has 0 unspecified atom stereocenters. The Labute approximate surface area is 116 Å². The van der Waals surface area contributed by atoms with Crippen LogP contribution in [-0.2, 0) is 13.0 Å². The molecule has 0 spiro atoms. The SMILES string of the molecule is CCCc1c(CNC2CC2)oc2c(Br)cccc12. The maximum atomic E-state index is 6.05. The van der Waals surface area contributed by atoms with Crippen molar-refractivity contribution >= 4 is 26.9 Å². The van der Waals surface area contributed by atoms with E-state index in [1.54, 1.807) is 0 Å². The second-order valence-corrected chi connectivity index (χ2v) is 5.88. The monoisotopic (exact) mass is 307 g/mol. The molecule has 2 aromatic rings. The molecule has 1 N–H and O–H groups in total. The minimum atomic E-state index is 0.719. The van der Waals surface area contributed by atoms with Crippen LogP contribution in [0.3, 0.4) is 0 Å². The van der Waals surface area contributed by atoms with Gasteiger partial charge in [0.25, 0.3) is 0 Å². The van der Waals surface area contributed by atoms with Gasteiger partial charge in [-0.2, -0.15) is 0 Å². The van der Waals surface area contributed by atoms with Gasteiger partial charge in [-0.15, -0.1) is 0 Å². The van der Waals surface area contributed by atoms with Crippen molar-refractivity contribution in [2.45, 2.75) is 45.2 Å². The normalized spacial score (nSPS) is 15.4. The summed E-state index contributed by atoms with van der Waals surface area (Å²) in [6.45, 7) is 3.08. The van der Waals surface area contributed by atoms with E-state index in [9.17, 15) is 0 Å². The highest BCUT2D eigenvalue weighted by atomic mass is 79.9. The molecule has 0 radical (unpaired) electrons. The molecule has 1 aliphatic carbocycles. The number of rotatable bonds is 5. The number of benzene rings is 1. The Kier molecular flexibility index (Phi) is 3.44. The average molecular weight is 308 g/mol. The van der Waals surface area contributed by atoms with Gasteiger partial charge >= 0.3 is 0 Å². The van der Waals surface area contributed by atoms with Gasteiger partial charge in [-0.3, -0.25) is 0 Å². The topological polar surface area (TPSA) is 25.2 Å². The molecule has 1 aromatic heterocycles.